The van der Waals surface area contributed by atoms with Gasteiger partial charge in [-0.25, -0.2) is 0 Å². The Bertz CT molecular complexity index is 357. The Morgan fingerprint density at radius 1 is 1.19 bits per heavy atom. The van der Waals surface area contributed by atoms with Gasteiger partial charge >= 0.3 is 0 Å². The van der Waals surface area contributed by atoms with E-state index in [4.69, 9.17) is 0 Å². The van der Waals surface area contributed by atoms with Crippen molar-refractivity contribution in [3.8, 4) is 0 Å². The smallest absolute Gasteiger partial charge is 0.0237 e. The van der Waals surface area contributed by atoms with Crippen molar-refractivity contribution in [3.05, 3.63) is 33.8 Å². The van der Waals surface area contributed by atoms with Crippen LogP contribution >= 0.6 is 15.9 Å². The van der Waals surface area contributed by atoms with Crippen molar-refractivity contribution >= 4 is 15.9 Å². The van der Waals surface area contributed by atoms with Gasteiger partial charge in [-0.1, -0.05) is 22.0 Å². The Hall–Kier alpha value is -0.380. The molecule has 0 N–H and O–H groups in total. The number of halogens is 1. The number of benzene rings is 1. The van der Waals surface area contributed by atoms with Gasteiger partial charge in [0.2, 0.25) is 0 Å². The van der Waals surface area contributed by atoms with Crippen molar-refractivity contribution in [1.29, 1.82) is 0 Å². The minimum atomic E-state index is 1.09. The van der Waals surface area contributed by atoms with Gasteiger partial charge in [0.15, 0.2) is 0 Å². The van der Waals surface area contributed by atoms with E-state index in [9.17, 15) is 0 Å². The lowest BCUT2D eigenvalue weighted by Gasteiger charge is -2.32. The molecule has 0 atom stereocenters. The van der Waals surface area contributed by atoms with Crippen LogP contribution in [0.5, 0.6) is 0 Å². The maximum Gasteiger partial charge on any atom is 0.0237 e. The number of likely N-dealkylation sites (N-methyl/N-ethyl adjacent to an activating group) is 1. The summed E-state index contributed by atoms with van der Waals surface area (Å²) >= 11 is 3.51. The van der Waals surface area contributed by atoms with Crippen LogP contribution in [0.2, 0.25) is 0 Å². The lowest BCUT2D eigenvalue weighted by Crippen LogP contribution is -2.43. The molecule has 2 rings (SSSR count). The highest BCUT2D eigenvalue weighted by molar-refractivity contribution is 9.10. The van der Waals surface area contributed by atoms with Crippen molar-refractivity contribution in [2.75, 3.05) is 33.2 Å². The summed E-state index contributed by atoms with van der Waals surface area (Å²) in [7, 11) is 2.20. The summed E-state index contributed by atoms with van der Waals surface area (Å²) in [6.45, 7) is 8.03. The van der Waals surface area contributed by atoms with Gasteiger partial charge in [-0.05, 0) is 37.2 Å². The zero-order valence-electron chi connectivity index (χ0n) is 10.0. The number of aryl methyl sites for hydroxylation is 1. The Labute approximate surface area is 106 Å². The van der Waals surface area contributed by atoms with E-state index < -0.39 is 0 Å². The van der Waals surface area contributed by atoms with Crippen LogP contribution in [0, 0.1) is 6.92 Å². The normalized spacial score (nSPS) is 18.9. The number of hydrogen-bond donors (Lipinski definition) is 0. The standard InChI is InChI=1S/C13H19BrN2/c1-11-9-13(14)4-3-12(11)10-16-7-5-15(2)6-8-16/h3-4,9H,5-8,10H2,1-2H3. The minimum absolute atomic E-state index is 1.09. The molecule has 0 aliphatic carbocycles. The summed E-state index contributed by atoms with van der Waals surface area (Å²) in [4.78, 5) is 4.93. The van der Waals surface area contributed by atoms with E-state index in [0.717, 1.165) is 6.54 Å². The maximum atomic E-state index is 3.51. The summed E-state index contributed by atoms with van der Waals surface area (Å²) in [5, 5.41) is 0. The van der Waals surface area contributed by atoms with Crippen LogP contribution in [-0.4, -0.2) is 43.0 Å². The molecule has 3 heteroatoms. The first-order valence-corrected chi connectivity index (χ1v) is 6.60. The summed E-state index contributed by atoms with van der Waals surface area (Å²) < 4.78 is 1.17. The van der Waals surface area contributed by atoms with Crippen molar-refractivity contribution < 1.29 is 0 Å². The molecule has 0 amide bonds. The molecule has 2 nitrogen and oxygen atoms in total. The third kappa shape index (κ3) is 3.06. The molecule has 1 heterocycles. The SMILES string of the molecule is Cc1cc(Br)ccc1CN1CCN(C)CC1. The molecule has 88 valence electrons. The molecule has 1 fully saturated rings. The zero-order chi connectivity index (χ0) is 11.5. The fourth-order valence-electron chi connectivity index (χ4n) is 2.08. The number of piperazine rings is 1. The molecule has 0 bridgehead atoms. The second-order valence-electron chi connectivity index (χ2n) is 4.65. The summed E-state index contributed by atoms with van der Waals surface area (Å²) in [6, 6.07) is 6.57. The molecule has 16 heavy (non-hydrogen) atoms. The minimum Gasteiger partial charge on any atom is -0.304 e. The van der Waals surface area contributed by atoms with Gasteiger partial charge in [0.25, 0.3) is 0 Å². The largest absolute Gasteiger partial charge is 0.304 e. The van der Waals surface area contributed by atoms with E-state index >= 15 is 0 Å². The fraction of sp³-hybridized carbons (Fsp3) is 0.538. The van der Waals surface area contributed by atoms with Crippen LogP contribution in [0.1, 0.15) is 11.1 Å². The van der Waals surface area contributed by atoms with Gasteiger partial charge in [0.1, 0.15) is 0 Å². The molecule has 0 aromatic heterocycles. The molecule has 0 spiro atoms. The van der Waals surface area contributed by atoms with Gasteiger partial charge < -0.3 is 4.90 Å². The van der Waals surface area contributed by atoms with Gasteiger partial charge in [-0.3, -0.25) is 4.90 Å². The van der Waals surface area contributed by atoms with Gasteiger partial charge in [-0.2, -0.15) is 0 Å². The van der Waals surface area contributed by atoms with Crippen LogP contribution in [0.15, 0.2) is 22.7 Å². The van der Waals surface area contributed by atoms with Crippen molar-refractivity contribution in [2.45, 2.75) is 13.5 Å². The number of hydrogen-bond acceptors (Lipinski definition) is 2. The monoisotopic (exact) mass is 282 g/mol. The molecular weight excluding hydrogens is 264 g/mol. The molecule has 1 aliphatic heterocycles. The van der Waals surface area contributed by atoms with Gasteiger partial charge in [0, 0.05) is 37.2 Å². The van der Waals surface area contributed by atoms with Gasteiger partial charge in [-0.15, -0.1) is 0 Å². The second kappa shape index (κ2) is 5.30. The van der Waals surface area contributed by atoms with E-state index in [1.807, 2.05) is 0 Å². The Kier molecular flexibility index (Phi) is 4.00. The molecule has 0 saturated carbocycles. The van der Waals surface area contributed by atoms with Crippen molar-refractivity contribution in [3.63, 3.8) is 0 Å². The quantitative estimate of drug-likeness (QED) is 0.823. The third-order valence-electron chi connectivity index (χ3n) is 3.29. The zero-order valence-corrected chi connectivity index (χ0v) is 11.6. The molecule has 1 saturated heterocycles. The average Bonchev–Trinajstić information content (AvgIpc) is 2.25. The number of nitrogens with zero attached hydrogens (tertiary/aromatic N) is 2. The van der Waals surface area contributed by atoms with Crippen LogP contribution in [-0.2, 0) is 6.54 Å². The average molecular weight is 283 g/mol. The van der Waals surface area contributed by atoms with Crippen LogP contribution in [0.25, 0.3) is 0 Å². The molecule has 1 aliphatic rings. The van der Waals surface area contributed by atoms with Gasteiger partial charge in [0.05, 0.1) is 0 Å². The second-order valence-corrected chi connectivity index (χ2v) is 5.57. The van der Waals surface area contributed by atoms with E-state index in [0.29, 0.717) is 0 Å². The van der Waals surface area contributed by atoms with Crippen molar-refractivity contribution in [2.24, 2.45) is 0 Å². The lowest BCUT2D eigenvalue weighted by atomic mass is 10.1. The van der Waals surface area contributed by atoms with E-state index in [1.165, 1.54) is 41.8 Å². The van der Waals surface area contributed by atoms with E-state index in [2.05, 4.69) is 57.9 Å². The molecule has 0 unspecified atom stereocenters. The summed E-state index contributed by atoms with van der Waals surface area (Å²) in [5.41, 5.74) is 2.83. The highest BCUT2D eigenvalue weighted by atomic mass is 79.9. The molecular formula is C13H19BrN2. The topological polar surface area (TPSA) is 6.48 Å². The van der Waals surface area contributed by atoms with Crippen molar-refractivity contribution in [1.82, 2.24) is 9.80 Å². The van der Waals surface area contributed by atoms with Crippen LogP contribution in [0.3, 0.4) is 0 Å². The molecule has 1 aromatic carbocycles. The first kappa shape index (κ1) is 12.1. The maximum absolute atomic E-state index is 3.51. The van der Waals surface area contributed by atoms with Crippen LogP contribution in [0.4, 0.5) is 0 Å². The Morgan fingerprint density at radius 2 is 1.88 bits per heavy atom. The lowest BCUT2D eigenvalue weighted by molar-refractivity contribution is 0.148. The summed E-state index contributed by atoms with van der Waals surface area (Å²) in [5.74, 6) is 0. The predicted octanol–water partition coefficient (Wildman–Crippen LogP) is 2.50. The van der Waals surface area contributed by atoms with Crippen LogP contribution < -0.4 is 0 Å². The fourth-order valence-corrected chi connectivity index (χ4v) is 2.56. The Morgan fingerprint density at radius 3 is 2.50 bits per heavy atom. The first-order valence-electron chi connectivity index (χ1n) is 5.81. The summed E-state index contributed by atoms with van der Waals surface area (Å²) in [6.07, 6.45) is 0. The molecule has 0 radical (unpaired) electrons. The highest BCUT2D eigenvalue weighted by Gasteiger charge is 2.14. The number of rotatable bonds is 2. The predicted molar refractivity (Wildman–Crippen MR) is 71.7 cm³/mol. The van der Waals surface area contributed by atoms with E-state index in [-0.39, 0.29) is 0 Å². The highest BCUT2D eigenvalue weighted by Crippen LogP contribution is 2.17. The Balaban J connectivity index is 1.98. The molecule has 1 aromatic rings. The third-order valence-corrected chi connectivity index (χ3v) is 3.79. The van der Waals surface area contributed by atoms with E-state index in [1.54, 1.807) is 0 Å². The first-order chi connectivity index (χ1) is 7.65.